The summed E-state index contributed by atoms with van der Waals surface area (Å²) in [6.07, 6.45) is 0.730. The lowest BCUT2D eigenvalue weighted by Crippen LogP contribution is -2.54. The van der Waals surface area contributed by atoms with Crippen LogP contribution in [-0.2, 0) is 6.42 Å². The van der Waals surface area contributed by atoms with Crippen LogP contribution in [0, 0.1) is 0 Å². The first kappa shape index (κ1) is 15.4. The smallest absolute Gasteiger partial charge is 0.270 e. The van der Waals surface area contributed by atoms with Gasteiger partial charge in [0.05, 0.1) is 5.01 Å². The van der Waals surface area contributed by atoms with Gasteiger partial charge in [-0.05, 0) is 20.6 Å². The lowest BCUT2D eigenvalue weighted by molar-refractivity contribution is 0.0877. The molecule has 1 aromatic heterocycles. The van der Waals surface area contributed by atoms with Gasteiger partial charge in [0.25, 0.3) is 5.91 Å². The fraction of sp³-hybridized carbons (Fsp3) is 0.692. The maximum absolute atomic E-state index is 12.1. The zero-order valence-corrected chi connectivity index (χ0v) is 12.9. The molecule has 1 aliphatic rings. The third-order valence-corrected chi connectivity index (χ3v) is 4.53. The van der Waals surface area contributed by atoms with E-state index in [1.54, 1.807) is 5.38 Å². The zero-order valence-electron chi connectivity index (χ0n) is 12.1. The number of nitrogens with zero attached hydrogens (tertiary/aromatic N) is 3. The van der Waals surface area contributed by atoms with Gasteiger partial charge in [-0.3, -0.25) is 9.69 Å². The summed E-state index contributed by atoms with van der Waals surface area (Å²) >= 11 is 1.49. The predicted octanol–water partition coefficient (Wildman–Crippen LogP) is -0.380. The minimum Gasteiger partial charge on any atom is -0.349 e. The molecule has 1 fully saturated rings. The Bertz CT molecular complexity index is 450. The van der Waals surface area contributed by atoms with Crippen molar-refractivity contribution in [2.24, 2.45) is 5.73 Å². The van der Waals surface area contributed by atoms with Gasteiger partial charge in [0.1, 0.15) is 5.69 Å². The predicted molar refractivity (Wildman–Crippen MR) is 81.1 cm³/mol. The van der Waals surface area contributed by atoms with E-state index in [1.807, 2.05) is 0 Å². The molecule has 1 aromatic rings. The molecule has 6 nitrogen and oxygen atoms in total. The van der Waals surface area contributed by atoms with Gasteiger partial charge in [-0.25, -0.2) is 4.98 Å². The first-order valence-electron chi connectivity index (χ1n) is 6.91. The van der Waals surface area contributed by atoms with E-state index in [0.717, 1.165) is 31.1 Å². The van der Waals surface area contributed by atoms with Crippen molar-refractivity contribution >= 4 is 17.2 Å². The van der Waals surface area contributed by atoms with Crippen LogP contribution < -0.4 is 11.1 Å². The van der Waals surface area contributed by atoms with Gasteiger partial charge in [-0.15, -0.1) is 11.3 Å². The third-order valence-electron chi connectivity index (χ3n) is 3.62. The minimum absolute atomic E-state index is 0.0915. The number of hydrogen-bond donors (Lipinski definition) is 2. The summed E-state index contributed by atoms with van der Waals surface area (Å²) in [5, 5.41) is 5.71. The van der Waals surface area contributed by atoms with Crippen LogP contribution in [0.2, 0.25) is 0 Å². The van der Waals surface area contributed by atoms with Crippen LogP contribution in [0.4, 0.5) is 0 Å². The molecule has 0 aliphatic carbocycles. The van der Waals surface area contributed by atoms with Gasteiger partial charge in [-0.2, -0.15) is 0 Å². The number of thiazole rings is 1. The Morgan fingerprint density at radius 2 is 2.35 bits per heavy atom. The van der Waals surface area contributed by atoms with Crippen LogP contribution in [-0.4, -0.2) is 73.6 Å². The Balaban J connectivity index is 1.84. The van der Waals surface area contributed by atoms with E-state index in [0.29, 0.717) is 24.8 Å². The molecule has 0 bridgehead atoms. The summed E-state index contributed by atoms with van der Waals surface area (Å²) in [5.41, 5.74) is 5.99. The lowest BCUT2D eigenvalue weighted by atomic mass is 10.2. The molecule has 2 rings (SSSR count). The van der Waals surface area contributed by atoms with Crippen molar-refractivity contribution in [2.45, 2.75) is 12.5 Å². The molecule has 1 aliphatic heterocycles. The molecule has 1 atom stereocenters. The molecule has 112 valence electrons. The van der Waals surface area contributed by atoms with Gasteiger partial charge >= 0.3 is 0 Å². The second-order valence-corrected chi connectivity index (χ2v) is 6.21. The number of aromatic nitrogens is 1. The number of carbonyl (C=O) groups excluding carboxylic acids is 1. The highest BCUT2D eigenvalue weighted by Gasteiger charge is 2.22. The topological polar surface area (TPSA) is 74.5 Å². The van der Waals surface area contributed by atoms with E-state index in [1.165, 1.54) is 11.3 Å². The quantitative estimate of drug-likeness (QED) is 0.775. The summed E-state index contributed by atoms with van der Waals surface area (Å²) in [4.78, 5) is 20.9. The molecule has 0 spiro atoms. The number of piperazine rings is 1. The molecule has 1 unspecified atom stereocenters. The average molecular weight is 297 g/mol. The van der Waals surface area contributed by atoms with E-state index in [-0.39, 0.29) is 5.91 Å². The number of hydrogen-bond acceptors (Lipinski definition) is 6. The van der Waals surface area contributed by atoms with Gasteiger partial charge in [-0.1, -0.05) is 0 Å². The largest absolute Gasteiger partial charge is 0.349 e. The van der Waals surface area contributed by atoms with Crippen molar-refractivity contribution in [3.63, 3.8) is 0 Å². The van der Waals surface area contributed by atoms with E-state index in [4.69, 9.17) is 5.73 Å². The van der Waals surface area contributed by atoms with Gasteiger partial charge < -0.3 is 16.0 Å². The average Bonchev–Trinajstić information content (AvgIpc) is 2.88. The number of amides is 1. The van der Waals surface area contributed by atoms with Crippen LogP contribution in [0.25, 0.3) is 0 Å². The third kappa shape index (κ3) is 3.99. The molecule has 0 radical (unpaired) electrons. The molecule has 0 aromatic carbocycles. The highest BCUT2D eigenvalue weighted by atomic mass is 32.1. The fourth-order valence-electron chi connectivity index (χ4n) is 2.28. The monoisotopic (exact) mass is 297 g/mol. The Hall–Kier alpha value is -1.02. The summed E-state index contributed by atoms with van der Waals surface area (Å²) in [7, 11) is 4.22. The molecule has 1 saturated heterocycles. The van der Waals surface area contributed by atoms with Gasteiger partial charge in [0.2, 0.25) is 0 Å². The lowest BCUT2D eigenvalue weighted by Gasteiger charge is -2.37. The van der Waals surface area contributed by atoms with Crippen molar-refractivity contribution in [2.75, 3.05) is 46.8 Å². The minimum atomic E-state index is -0.0915. The first-order chi connectivity index (χ1) is 9.60. The van der Waals surface area contributed by atoms with Gasteiger partial charge in [0.15, 0.2) is 0 Å². The highest BCUT2D eigenvalue weighted by molar-refractivity contribution is 7.09. The fourth-order valence-corrected chi connectivity index (χ4v) is 3.07. The second-order valence-electron chi connectivity index (χ2n) is 5.27. The zero-order chi connectivity index (χ0) is 14.5. The molecule has 7 heteroatoms. The Morgan fingerprint density at radius 1 is 1.55 bits per heavy atom. The Kier molecular flexibility index (Phi) is 5.47. The van der Waals surface area contributed by atoms with Gasteiger partial charge in [0, 0.05) is 44.0 Å². The number of rotatable bonds is 5. The van der Waals surface area contributed by atoms with Crippen LogP contribution >= 0.6 is 11.3 Å². The van der Waals surface area contributed by atoms with Crippen molar-refractivity contribution in [1.82, 2.24) is 20.1 Å². The maximum atomic E-state index is 12.1. The van der Waals surface area contributed by atoms with Crippen LogP contribution in [0.1, 0.15) is 15.5 Å². The first-order valence-corrected chi connectivity index (χ1v) is 7.79. The molecule has 0 saturated carbocycles. The molecule has 2 heterocycles. The Labute approximate surface area is 124 Å². The molecule has 3 N–H and O–H groups in total. The van der Waals surface area contributed by atoms with E-state index in [9.17, 15) is 4.79 Å². The van der Waals surface area contributed by atoms with E-state index < -0.39 is 0 Å². The maximum Gasteiger partial charge on any atom is 0.270 e. The van der Waals surface area contributed by atoms with E-state index in [2.05, 4.69) is 34.2 Å². The van der Waals surface area contributed by atoms with E-state index >= 15 is 0 Å². The molecule has 20 heavy (non-hydrogen) atoms. The number of nitrogens with one attached hydrogen (secondary N) is 1. The number of likely N-dealkylation sites (N-methyl/N-ethyl adjacent to an activating group) is 2. The van der Waals surface area contributed by atoms with Crippen LogP contribution in [0.5, 0.6) is 0 Å². The molecular formula is C13H23N5OS. The number of carbonyl (C=O) groups is 1. The van der Waals surface area contributed by atoms with Crippen molar-refractivity contribution < 1.29 is 4.79 Å². The summed E-state index contributed by atoms with van der Waals surface area (Å²) in [5.74, 6) is -0.0915. The normalized spacial score (nSPS) is 21.1. The molecular weight excluding hydrogens is 274 g/mol. The van der Waals surface area contributed by atoms with Crippen molar-refractivity contribution in [3.8, 4) is 0 Å². The molecule has 1 amide bonds. The standard InChI is InChI=1S/C13H23N5OS/c1-17-5-6-18(2)10(8-17)7-15-13(19)11-9-20-12(16-11)3-4-14/h9-10H,3-8,14H2,1-2H3,(H,15,19). The summed E-state index contributed by atoms with van der Waals surface area (Å²) in [6, 6.07) is 0.361. The van der Waals surface area contributed by atoms with Crippen molar-refractivity contribution in [1.29, 1.82) is 0 Å². The Morgan fingerprint density at radius 3 is 3.10 bits per heavy atom. The SMILES string of the molecule is CN1CCN(C)C(CNC(=O)c2csc(CCN)n2)C1. The van der Waals surface area contributed by atoms with Crippen LogP contribution in [0.3, 0.4) is 0 Å². The van der Waals surface area contributed by atoms with Crippen molar-refractivity contribution in [3.05, 3.63) is 16.1 Å². The highest BCUT2D eigenvalue weighted by Crippen LogP contribution is 2.10. The van der Waals surface area contributed by atoms with Crippen LogP contribution in [0.15, 0.2) is 5.38 Å². The summed E-state index contributed by atoms with van der Waals surface area (Å²) < 4.78 is 0. The summed E-state index contributed by atoms with van der Waals surface area (Å²) in [6.45, 7) is 4.31. The number of nitrogens with two attached hydrogens (primary N) is 1. The second kappa shape index (κ2) is 7.12.